The molecule has 1 aliphatic carbocycles. The zero-order valence-corrected chi connectivity index (χ0v) is 7.83. The van der Waals surface area contributed by atoms with Crippen molar-refractivity contribution in [3.8, 4) is 0 Å². The summed E-state index contributed by atoms with van der Waals surface area (Å²) in [6, 6.07) is 2.21. The van der Waals surface area contributed by atoms with Gasteiger partial charge in [-0.2, -0.15) is 0 Å². The Morgan fingerprint density at radius 3 is 2.77 bits per heavy atom. The second kappa shape index (κ2) is 3.00. The molecule has 1 aromatic rings. The van der Waals surface area contributed by atoms with Crippen molar-refractivity contribution < 1.29 is 0 Å². The topological polar surface area (TPSA) is 64.9 Å². The Bertz CT molecular complexity index is 318. The number of aryl methyl sites for hydroxylation is 1. The first kappa shape index (κ1) is 8.51. The SMILES string of the molecule is Cc1cc(C(N)C2CC2)cnc1N. The fourth-order valence-corrected chi connectivity index (χ4v) is 1.52. The maximum atomic E-state index is 6.04. The molecule has 0 radical (unpaired) electrons. The van der Waals surface area contributed by atoms with E-state index in [2.05, 4.69) is 4.98 Å². The summed E-state index contributed by atoms with van der Waals surface area (Å²) in [4.78, 5) is 4.11. The van der Waals surface area contributed by atoms with Gasteiger partial charge in [0.05, 0.1) is 0 Å². The molecule has 1 heterocycles. The van der Waals surface area contributed by atoms with Gasteiger partial charge in [-0.05, 0) is 42.9 Å². The highest BCUT2D eigenvalue weighted by Crippen LogP contribution is 2.39. The van der Waals surface area contributed by atoms with E-state index in [4.69, 9.17) is 11.5 Å². The van der Waals surface area contributed by atoms with Crippen LogP contribution in [0.15, 0.2) is 12.3 Å². The monoisotopic (exact) mass is 177 g/mol. The molecule has 1 aromatic heterocycles. The van der Waals surface area contributed by atoms with Crippen molar-refractivity contribution in [1.82, 2.24) is 4.98 Å². The smallest absolute Gasteiger partial charge is 0.126 e. The summed E-state index contributed by atoms with van der Waals surface area (Å²) in [7, 11) is 0. The van der Waals surface area contributed by atoms with Crippen LogP contribution in [0.1, 0.15) is 30.0 Å². The van der Waals surface area contributed by atoms with Gasteiger partial charge in [-0.25, -0.2) is 4.98 Å². The first-order valence-corrected chi connectivity index (χ1v) is 4.66. The Morgan fingerprint density at radius 2 is 2.23 bits per heavy atom. The number of nitrogen functional groups attached to an aromatic ring is 1. The summed E-state index contributed by atoms with van der Waals surface area (Å²) in [6.07, 6.45) is 4.31. The molecule has 0 bridgehead atoms. The molecule has 4 N–H and O–H groups in total. The van der Waals surface area contributed by atoms with Crippen LogP contribution in [0.25, 0.3) is 0 Å². The fourth-order valence-electron chi connectivity index (χ4n) is 1.52. The van der Waals surface area contributed by atoms with Crippen molar-refractivity contribution in [2.45, 2.75) is 25.8 Å². The lowest BCUT2D eigenvalue weighted by molar-refractivity contribution is 0.630. The van der Waals surface area contributed by atoms with Gasteiger partial charge in [0.15, 0.2) is 0 Å². The van der Waals surface area contributed by atoms with E-state index in [1.165, 1.54) is 12.8 Å². The number of hydrogen-bond donors (Lipinski definition) is 2. The number of anilines is 1. The van der Waals surface area contributed by atoms with E-state index < -0.39 is 0 Å². The fraction of sp³-hybridized carbons (Fsp3) is 0.500. The third-order valence-corrected chi connectivity index (χ3v) is 2.65. The predicted octanol–water partition coefficient (Wildman–Crippen LogP) is 1.38. The number of rotatable bonds is 2. The molecule has 1 saturated carbocycles. The molecule has 0 aliphatic heterocycles. The maximum absolute atomic E-state index is 6.04. The summed E-state index contributed by atoms with van der Waals surface area (Å²) >= 11 is 0. The zero-order chi connectivity index (χ0) is 9.42. The number of nitrogens with zero attached hydrogens (tertiary/aromatic N) is 1. The van der Waals surface area contributed by atoms with E-state index in [0.29, 0.717) is 11.7 Å². The van der Waals surface area contributed by atoms with Crippen LogP contribution in [-0.2, 0) is 0 Å². The standard InChI is InChI=1S/C10H15N3/c1-6-4-8(5-13-10(6)12)9(11)7-2-3-7/h4-5,7,9H,2-3,11H2,1H3,(H2,12,13). The Balaban J connectivity index is 2.24. The second-order valence-corrected chi connectivity index (χ2v) is 3.83. The van der Waals surface area contributed by atoms with Crippen LogP contribution in [0.3, 0.4) is 0 Å². The van der Waals surface area contributed by atoms with Gasteiger partial charge in [0, 0.05) is 12.2 Å². The van der Waals surface area contributed by atoms with Crippen LogP contribution in [0.5, 0.6) is 0 Å². The van der Waals surface area contributed by atoms with Gasteiger partial charge in [0.2, 0.25) is 0 Å². The number of pyridine rings is 1. The predicted molar refractivity (Wildman–Crippen MR) is 53.0 cm³/mol. The van der Waals surface area contributed by atoms with Crippen molar-refractivity contribution in [3.63, 3.8) is 0 Å². The first-order chi connectivity index (χ1) is 6.18. The van der Waals surface area contributed by atoms with Crippen LogP contribution in [0, 0.1) is 12.8 Å². The molecule has 1 atom stereocenters. The molecule has 1 fully saturated rings. The molecular formula is C10H15N3. The Kier molecular flexibility index (Phi) is 1.96. The Labute approximate surface area is 78.1 Å². The molecule has 2 rings (SSSR count). The van der Waals surface area contributed by atoms with Gasteiger partial charge in [-0.15, -0.1) is 0 Å². The van der Waals surface area contributed by atoms with Gasteiger partial charge < -0.3 is 11.5 Å². The molecule has 0 saturated heterocycles. The normalized spacial score (nSPS) is 18.6. The van der Waals surface area contributed by atoms with E-state index in [0.717, 1.165) is 11.1 Å². The molecule has 70 valence electrons. The van der Waals surface area contributed by atoms with Crippen LogP contribution in [-0.4, -0.2) is 4.98 Å². The molecule has 0 aromatic carbocycles. The largest absolute Gasteiger partial charge is 0.383 e. The average molecular weight is 177 g/mol. The molecule has 0 spiro atoms. The molecule has 0 amide bonds. The minimum Gasteiger partial charge on any atom is -0.383 e. The number of hydrogen-bond acceptors (Lipinski definition) is 3. The van der Waals surface area contributed by atoms with Crippen molar-refractivity contribution in [2.75, 3.05) is 5.73 Å². The first-order valence-electron chi connectivity index (χ1n) is 4.66. The molecule has 3 nitrogen and oxygen atoms in total. The number of aromatic nitrogens is 1. The van der Waals surface area contributed by atoms with Gasteiger partial charge in [0.1, 0.15) is 5.82 Å². The van der Waals surface area contributed by atoms with Crippen molar-refractivity contribution in [1.29, 1.82) is 0 Å². The minimum absolute atomic E-state index is 0.159. The summed E-state index contributed by atoms with van der Waals surface area (Å²) in [6.45, 7) is 1.96. The van der Waals surface area contributed by atoms with E-state index in [1.54, 1.807) is 6.20 Å². The third-order valence-electron chi connectivity index (χ3n) is 2.65. The van der Waals surface area contributed by atoms with E-state index in [9.17, 15) is 0 Å². The van der Waals surface area contributed by atoms with Crippen LogP contribution >= 0.6 is 0 Å². The quantitative estimate of drug-likeness (QED) is 0.717. The third kappa shape index (κ3) is 1.65. The van der Waals surface area contributed by atoms with Gasteiger partial charge >= 0.3 is 0 Å². The molecule has 13 heavy (non-hydrogen) atoms. The summed E-state index contributed by atoms with van der Waals surface area (Å²) < 4.78 is 0. The average Bonchev–Trinajstić information content (AvgIpc) is 2.91. The van der Waals surface area contributed by atoms with Crippen LogP contribution in [0.4, 0.5) is 5.82 Å². The second-order valence-electron chi connectivity index (χ2n) is 3.83. The highest BCUT2D eigenvalue weighted by Gasteiger charge is 2.29. The van der Waals surface area contributed by atoms with E-state index in [-0.39, 0.29) is 6.04 Å². The van der Waals surface area contributed by atoms with Gasteiger partial charge in [-0.3, -0.25) is 0 Å². The summed E-state index contributed by atoms with van der Waals surface area (Å²) in [5.41, 5.74) is 13.8. The maximum Gasteiger partial charge on any atom is 0.126 e. The van der Waals surface area contributed by atoms with Crippen LogP contribution in [0.2, 0.25) is 0 Å². The van der Waals surface area contributed by atoms with E-state index in [1.807, 2.05) is 13.0 Å². The van der Waals surface area contributed by atoms with E-state index >= 15 is 0 Å². The van der Waals surface area contributed by atoms with Crippen molar-refractivity contribution in [2.24, 2.45) is 11.7 Å². The molecule has 1 unspecified atom stereocenters. The summed E-state index contributed by atoms with van der Waals surface area (Å²) in [5, 5.41) is 0. The minimum atomic E-state index is 0.159. The van der Waals surface area contributed by atoms with Crippen molar-refractivity contribution >= 4 is 5.82 Å². The lowest BCUT2D eigenvalue weighted by atomic mass is 10.0. The molecular weight excluding hydrogens is 162 g/mol. The van der Waals surface area contributed by atoms with Crippen molar-refractivity contribution in [3.05, 3.63) is 23.4 Å². The Morgan fingerprint density at radius 1 is 1.54 bits per heavy atom. The summed E-state index contributed by atoms with van der Waals surface area (Å²) in [5.74, 6) is 1.27. The highest BCUT2D eigenvalue weighted by molar-refractivity contribution is 5.40. The van der Waals surface area contributed by atoms with Crippen LogP contribution < -0.4 is 11.5 Å². The van der Waals surface area contributed by atoms with Gasteiger partial charge in [-0.1, -0.05) is 0 Å². The number of nitrogens with two attached hydrogens (primary N) is 2. The van der Waals surface area contributed by atoms with Gasteiger partial charge in [0.25, 0.3) is 0 Å². The molecule has 1 aliphatic rings. The zero-order valence-electron chi connectivity index (χ0n) is 7.83. The lowest BCUT2D eigenvalue weighted by Crippen LogP contribution is -2.13. The Hall–Kier alpha value is -1.09. The molecule has 3 heteroatoms. The lowest BCUT2D eigenvalue weighted by Gasteiger charge is -2.11. The highest BCUT2D eigenvalue weighted by atomic mass is 14.8.